The first-order valence-corrected chi connectivity index (χ1v) is 12.8. The van der Waals surface area contributed by atoms with Crippen LogP contribution in [0.4, 0.5) is 0 Å². The van der Waals surface area contributed by atoms with E-state index in [1.807, 2.05) is 0 Å². The van der Waals surface area contributed by atoms with Crippen LogP contribution in [0.1, 0.15) is 24.3 Å². The van der Waals surface area contributed by atoms with E-state index in [1.54, 1.807) is 6.92 Å². The van der Waals surface area contributed by atoms with Crippen LogP contribution in [0, 0.1) is 6.92 Å². The first kappa shape index (κ1) is 25.9. The fourth-order valence-electron chi connectivity index (χ4n) is 3.48. The van der Waals surface area contributed by atoms with Crippen molar-refractivity contribution in [3.63, 3.8) is 0 Å². The topological polar surface area (TPSA) is 205 Å². The van der Waals surface area contributed by atoms with Gasteiger partial charge in [0.15, 0.2) is 4.34 Å². The SMILES string of the molecule is Cc1nnc(SCC2=C(C(=O)O)N3C(=O)C(NC=O)(NC(=O)CCCC(N)C(=O)O)[C@@H]3SC2)s1. The maximum atomic E-state index is 13.1. The molecule has 0 spiro atoms. The van der Waals surface area contributed by atoms with E-state index in [-0.39, 0.29) is 42.9 Å². The number of aryl methyl sites for hydroxylation is 1. The van der Waals surface area contributed by atoms with Gasteiger partial charge in [-0.1, -0.05) is 23.1 Å². The predicted molar refractivity (Wildman–Crippen MR) is 123 cm³/mol. The molecule has 3 amide bonds. The van der Waals surface area contributed by atoms with Crippen molar-refractivity contribution in [1.82, 2.24) is 25.7 Å². The third-order valence-corrected chi connectivity index (χ3v) is 8.55. The average molecular weight is 531 g/mol. The number of thioether (sulfide) groups is 2. The van der Waals surface area contributed by atoms with Gasteiger partial charge < -0.3 is 26.6 Å². The van der Waals surface area contributed by atoms with Crippen LogP contribution < -0.4 is 16.4 Å². The van der Waals surface area contributed by atoms with Gasteiger partial charge in [0.1, 0.15) is 22.1 Å². The first-order valence-electron chi connectivity index (χ1n) is 9.95. The molecule has 3 heterocycles. The second-order valence-corrected chi connectivity index (χ2v) is 10.9. The van der Waals surface area contributed by atoms with Crippen LogP contribution >= 0.6 is 34.9 Å². The molecular weight excluding hydrogens is 508 g/mol. The number of rotatable bonds is 12. The van der Waals surface area contributed by atoms with Gasteiger partial charge in [-0.3, -0.25) is 24.1 Å². The van der Waals surface area contributed by atoms with Crippen molar-refractivity contribution in [2.24, 2.45) is 5.73 Å². The van der Waals surface area contributed by atoms with Gasteiger partial charge in [-0.25, -0.2) is 4.79 Å². The number of nitrogens with one attached hydrogen (secondary N) is 2. The highest BCUT2D eigenvalue weighted by Gasteiger charge is 2.65. The Hall–Kier alpha value is -2.69. The minimum atomic E-state index is -1.80. The monoisotopic (exact) mass is 530 g/mol. The van der Waals surface area contributed by atoms with Gasteiger partial charge in [0, 0.05) is 17.9 Å². The fraction of sp³-hybridized carbons (Fsp3) is 0.500. The molecule has 13 nitrogen and oxygen atoms in total. The Morgan fingerprint density at radius 3 is 2.71 bits per heavy atom. The lowest BCUT2D eigenvalue weighted by atomic mass is 9.94. The molecule has 1 fully saturated rings. The highest BCUT2D eigenvalue weighted by molar-refractivity contribution is 8.01. The summed E-state index contributed by atoms with van der Waals surface area (Å²) in [6.07, 6.45) is 0.345. The number of carboxylic acids is 2. The van der Waals surface area contributed by atoms with Crippen LogP contribution in [-0.2, 0) is 24.0 Å². The normalized spacial score (nSPS) is 22.5. The van der Waals surface area contributed by atoms with Crippen LogP contribution in [-0.4, -0.2) is 84.1 Å². The Bertz CT molecular complexity index is 1050. The van der Waals surface area contributed by atoms with Gasteiger partial charge in [-0.2, -0.15) is 0 Å². The number of aliphatic carboxylic acids is 2. The van der Waals surface area contributed by atoms with E-state index in [0.29, 0.717) is 9.91 Å². The number of aromatic nitrogens is 2. The number of fused-ring (bicyclic) bond motifs is 1. The third-order valence-electron chi connectivity index (χ3n) is 5.09. The highest BCUT2D eigenvalue weighted by atomic mass is 32.2. The molecule has 34 heavy (non-hydrogen) atoms. The minimum Gasteiger partial charge on any atom is -0.480 e. The molecule has 3 atom stereocenters. The summed E-state index contributed by atoms with van der Waals surface area (Å²) in [6.45, 7) is 1.80. The standard InChI is InChI=1S/C18H22N6O7S3/c1-8-22-23-17(34-8)33-6-9-5-32-16-18(20-7-25,15(31)24(16)12(9)14(29)30)21-11(26)4-2-3-10(19)13(27)28/h7,10,16H,2-6,19H2,1H3,(H,20,25)(H,21,26)(H,27,28)(H,29,30)/t10?,16-,18?/m0/s1. The lowest BCUT2D eigenvalue weighted by Crippen LogP contribution is -2.85. The Morgan fingerprint density at radius 2 is 2.12 bits per heavy atom. The third kappa shape index (κ3) is 5.18. The molecule has 3 rings (SSSR count). The molecule has 16 heteroatoms. The van der Waals surface area contributed by atoms with Gasteiger partial charge in [0.25, 0.3) is 5.91 Å². The number of carbonyl (C=O) groups is 5. The van der Waals surface area contributed by atoms with Crippen molar-refractivity contribution < 1.29 is 34.2 Å². The van der Waals surface area contributed by atoms with Crippen LogP contribution in [0.5, 0.6) is 0 Å². The second kappa shape index (κ2) is 10.7. The van der Waals surface area contributed by atoms with E-state index in [0.717, 1.165) is 9.91 Å². The molecule has 1 aromatic heterocycles. The number of hydrogen-bond donors (Lipinski definition) is 5. The van der Waals surface area contributed by atoms with Crippen LogP contribution in [0.2, 0.25) is 0 Å². The first-order chi connectivity index (χ1) is 16.1. The summed E-state index contributed by atoms with van der Waals surface area (Å²) >= 11 is 3.89. The highest BCUT2D eigenvalue weighted by Crippen LogP contribution is 2.45. The molecular formula is C18H22N6O7S3. The van der Waals surface area contributed by atoms with Crippen molar-refractivity contribution in [3.05, 3.63) is 16.3 Å². The zero-order chi connectivity index (χ0) is 25.0. The van der Waals surface area contributed by atoms with Gasteiger partial charge in [-0.05, 0) is 25.3 Å². The lowest BCUT2D eigenvalue weighted by Gasteiger charge is -2.56. The van der Waals surface area contributed by atoms with Crippen molar-refractivity contribution >= 4 is 65.0 Å². The maximum absolute atomic E-state index is 13.1. The van der Waals surface area contributed by atoms with Crippen molar-refractivity contribution in [2.45, 2.75) is 47.6 Å². The minimum absolute atomic E-state index is 0.0518. The molecule has 0 aromatic carbocycles. The number of β-lactam (4-membered cyclic amide) rings is 1. The number of carbonyl (C=O) groups excluding carboxylic acids is 3. The van der Waals surface area contributed by atoms with E-state index >= 15 is 0 Å². The largest absolute Gasteiger partial charge is 0.480 e. The average Bonchev–Trinajstić information content (AvgIpc) is 3.21. The Kier molecular flexibility index (Phi) is 8.17. The molecule has 0 saturated carbocycles. The smallest absolute Gasteiger partial charge is 0.352 e. The van der Waals surface area contributed by atoms with Gasteiger partial charge in [0.05, 0.1) is 0 Å². The summed E-state index contributed by atoms with van der Waals surface area (Å²) < 4.78 is 0.670. The Morgan fingerprint density at radius 1 is 1.38 bits per heavy atom. The number of hydrogen-bond acceptors (Lipinski definition) is 11. The van der Waals surface area contributed by atoms with E-state index in [9.17, 15) is 29.1 Å². The molecule has 6 N–H and O–H groups in total. The molecule has 2 aliphatic rings. The summed E-state index contributed by atoms with van der Waals surface area (Å²) in [4.78, 5) is 60.7. The summed E-state index contributed by atoms with van der Waals surface area (Å²) in [6, 6.07) is -1.12. The second-order valence-electron chi connectivity index (χ2n) is 7.43. The number of nitrogens with zero attached hydrogens (tertiary/aromatic N) is 3. The molecule has 1 aromatic rings. The number of nitrogens with two attached hydrogens (primary N) is 1. The molecule has 0 radical (unpaired) electrons. The fourth-order valence-corrected chi connectivity index (χ4v) is 6.86. The summed E-state index contributed by atoms with van der Waals surface area (Å²) in [5.41, 5.74) is 3.94. The van der Waals surface area contributed by atoms with Gasteiger partial charge in [0.2, 0.25) is 18.0 Å². The van der Waals surface area contributed by atoms with Crippen LogP contribution in [0.25, 0.3) is 0 Å². The summed E-state index contributed by atoms with van der Waals surface area (Å²) in [7, 11) is 0. The molecule has 0 aliphatic carbocycles. The Balaban J connectivity index is 1.73. The molecule has 2 unspecified atom stereocenters. The zero-order valence-electron chi connectivity index (χ0n) is 17.8. The van der Waals surface area contributed by atoms with Gasteiger partial charge in [-0.15, -0.1) is 22.0 Å². The lowest BCUT2D eigenvalue weighted by molar-refractivity contribution is -0.162. The van der Waals surface area contributed by atoms with Crippen molar-refractivity contribution in [3.8, 4) is 0 Å². The van der Waals surface area contributed by atoms with Crippen molar-refractivity contribution in [2.75, 3.05) is 11.5 Å². The number of carboxylic acid groups (broad SMARTS) is 2. The maximum Gasteiger partial charge on any atom is 0.352 e. The summed E-state index contributed by atoms with van der Waals surface area (Å²) in [5.74, 6) is -3.33. The predicted octanol–water partition coefficient (Wildman–Crippen LogP) is -0.667. The molecule has 1 saturated heterocycles. The molecule has 184 valence electrons. The number of amides is 3. The van der Waals surface area contributed by atoms with E-state index in [1.165, 1.54) is 34.9 Å². The molecule has 0 bridgehead atoms. The van der Waals surface area contributed by atoms with E-state index < -0.39 is 40.8 Å². The van der Waals surface area contributed by atoms with Crippen LogP contribution in [0.15, 0.2) is 15.6 Å². The quantitative estimate of drug-likeness (QED) is 0.0988. The summed E-state index contributed by atoms with van der Waals surface area (Å²) in [5, 5.41) is 31.3. The molecule has 2 aliphatic heterocycles. The van der Waals surface area contributed by atoms with Crippen LogP contribution in [0.3, 0.4) is 0 Å². The Labute approximate surface area is 205 Å². The van der Waals surface area contributed by atoms with E-state index in [4.69, 9.17) is 10.8 Å². The van der Waals surface area contributed by atoms with Gasteiger partial charge >= 0.3 is 11.9 Å². The van der Waals surface area contributed by atoms with Crippen molar-refractivity contribution in [1.29, 1.82) is 0 Å². The van der Waals surface area contributed by atoms with E-state index in [2.05, 4.69) is 20.8 Å². The zero-order valence-corrected chi connectivity index (χ0v) is 20.3.